The molecule has 0 amide bonds. The number of nitrogens with zero attached hydrogens (tertiary/aromatic N) is 2. The highest BCUT2D eigenvalue weighted by molar-refractivity contribution is 5.79. The number of para-hydroxylation sites is 3. The first kappa shape index (κ1) is 24.3. The first-order valence-corrected chi connectivity index (χ1v) is 13.4. The molecule has 0 unspecified atom stereocenters. The predicted molar refractivity (Wildman–Crippen MR) is 166 cm³/mol. The minimum absolute atomic E-state index is 0.916. The van der Waals surface area contributed by atoms with Gasteiger partial charge in [-0.3, -0.25) is 0 Å². The average Bonchev–Trinajstić information content (AvgIpc) is 3.29. The Bertz CT molecular complexity index is 1540. The van der Waals surface area contributed by atoms with Crippen molar-refractivity contribution in [2.24, 2.45) is 0 Å². The Labute approximate surface area is 231 Å². The summed E-state index contributed by atoms with van der Waals surface area (Å²) in [5.41, 5.74) is 9.24. The van der Waals surface area contributed by atoms with Gasteiger partial charge in [-0.1, -0.05) is 103 Å². The van der Waals surface area contributed by atoms with E-state index in [0.717, 1.165) is 34.9 Å². The SMILES string of the molecule is C1=CCC=C(N(c2ccccc2)c2ccc(-c3ccc(N(c4ccccc4)c4ccccc4)cc3)cc2)C=C1. The van der Waals surface area contributed by atoms with Crippen LogP contribution in [0.4, 0.5) is 28.4 Å². The molecule has 0 bridgehead atoms. The van der Waals surface area contributed by atoms with Gasteiger partial charge in [-0.05, 0) is 84.3 Å². The second-order valence-electron chi connectivity index (χ2n) is 9.42. The molecule has 5 aromatic carbocycles. The van der Waals surface area contributed by atoms with E-state index in [4.69, 9.17) is 0 Å². The zero-order chi connectivity index (χ0) is 26.3. The van der Waals surface area contributed by atoms with Gasteiger partial charge < -0.3 is 9.80 Å². The Balaban J connectivity index is 1.30. The second kappa shape index (κ2) is 11.5. The number of hydrogen-bond acceptors (Lipinski definition) is 2. The fraction of sp³-hybridized carbons (Fsp3) is 0.0270. The molecule has 188 valence electrons. The molecule has 1 aliphatic carbocycles. The molecule has 2 nitrogen and oxygen atoms in total. The Morgan fingerprint density at radius 2 is 0.795 bits per heavy atom. The van der Waals surface area contributed by atoms with Gasteiger partial charge in [0.05, 0.1) is 0 Å². The topological polar surface area (TPSA) is 6.48 Å². The molecule has 0 radical (unpaired) electrons. The fourth-order valence-electron chi connectivity index (χ4n) is 4.97. The number of anilines is 5. The van der Waals surface area contributed by atoms with Gasteiger partial charge in [-0.2, -0.15) is 0 Å². The van der Waals surface area contributed by atoms with Crippen LogP contribution in [0.3, 0.4) is 0 Å². The van der Waals surface area contributed by atoms with E-state index < -0.39 is 0 Å². The third-order valence-corrected chi connectivity index (χ3v) is 6.86. The van der Waals surface area contributed by atoms with Crippen molar-refractivity contribution in [3.63, 3.8) is 0 Å². The van der Waals surface area contributed by atoms with E-state index >= 15 is 0 Å². The maximum absolute atomic E-state index is 2.31. The van der Waals surface area contributed by atoms with E-state index in [1.807, 2.05) is 0 Å². The molecule has 0 aliphatic heterocycles. The van der Waals surface area contributed by atoms with Crippen molar-refractivity contribution in [2.45, 2.75) is 6.42 Å². The van der Waals surface area contributed by atoms with Gasteiger partial charge in [0.15, 0.2) is 0 Å². The van der Waals surface area contributed by atoms with Gasteiger partial charge in [0.25, 0.3) is 0 Å². The highest BCUT2D eigenvalue weighted by atomic mass is 15.1. The molecule has 0 aromatic heterocycles. The summed E-state index contributed by atoms with van der Waals surface area (Å²) in [5.74, 6) is 0. The molecule has 39 heavy (non-hydrogen) atoms. The van der Waals surface area contributed by atoms with Gasteiger partial charge in [0.2, 0.25) is 0 Å². The molecule has 2 heteroatoms. The predicted octanol–water partition coefficient (Wildman–Crippen LogP) is 10.4. The molecule has 0 saturated heterocycles. The Morgan fingerprint density at radius 3 is 1.28 bits per heavy atom. The van der Waals surface area contributed by atoms with Gasteiger partial charge in [0.1, 0.15) is 0 Å². The van der Waals surface area contributed by atoms with Crippen molar-refractivity contribution < 1.29 is 0 Å². The highest BCUT2D eigenvalue weighted by Crippen LogP contribution is 2.36. The van der Waals surface area contributed by atoms with Crippen LogP contribution in [-0.4, -0.2) is 0 Å². The van der Waals surface area contributed by atoms with Crippen LogP contribution in [0.15, 0.2) is 176 Å². The number of rotatable bonds is 7. The third kappa shape index (κ3) is 5.46. The second-order valence-corrected chi connectivity index (χ2v) is 9.42. The van der Waals surface area contributed by atoms with E-state index in [-0.39, 0.29) is 0 Å². The Kier molecular flexibility index (Phi) is 7.18. The summed E-state index contributed by atoms with van der Waals surface area (Å²) in [6.07, 6.45) is 11.8. The number of allylic oxidation sites excluding steroid dienone is 5. The maximum Gasteiger partial charge on any atom is 0.0462 e. The Morgan fingerprint density at radius 1 is 0.385 bits per heavy atom. The summed E-state index contributed by atoms with van der Waals surface area (Å²) in [6.45, 7) is 0. The van der Waals surface area contributed by atoms with E-state index in [0.29, 0.717) is 0 Å². The molecule has 0 spiro atoms. The van der Waals surface area contributed by atoms with Crippen LogP contribution in [0.1, 0.15) is 6.42 Å². The van der Waals surface area contributed by atoms with Crippen LogP contribution >= 0.6 is 0 Å². The Hall–Kier alpha value is -5.08. The highest BCUT2D eigenvalue weighted by Gasteiger charge is 2.14. The van der Waals surface area contributed by atoms with Crippen LogP contribution in [0, 0.1) is 0 Å². The quantitative estimate of drug-likeness (QED) is 0.218. The van der Waals surface area contributed by atoms with E-state index in [1.54, 1.807) is 0 Å². The number of hydrogen-bond donors (Lipinski definition) is 0. The molecule has 5 aromatic rings. The van der Waals surface area contributed by atoms with Crippen LogP contribution in [0.5, 0.6) is 0 Å². The van der Waals surface area contributed by atoms with Crippen molar-refractivity contribution in [3.8, 4) is 11.1 Å². The largest absolute Gasteiger partial charge is 0.311 e. The maximum atomic E-state index is 2.31. The van der Waals surface area contributed by atoms with Crippen molar-refractivity contribution in [1.29, 1.82) is 0 Å². The summed E-state index contributed by atoms with van der Waals surface area (Å²) in [5, 5.41) is 0. The lowest BCUT2D eigenvalue weighted by Crippen LogP contribution is -2.15. The molecule has 0 heterocycles. The zero-order valence-corrected chi connectivity index (χ0v) is 21.8. The zero-order valence-electron chi connectivity index (χ0n) is 21.8. The molecule has 1 aliphatic rings. The summed E-state index contributed by atoms with van der Waals surface area (Å²) in [6, 6.07) is 49.2. The van der Waals surface area contributed by atoms with Gasteiger partial charge in [-0.25, -0.2) is 0 Å². The lowest BCUT2D eigenvalue weighted by molar-refractivity contribution is 1.18. The fourth-order valence-corrected chi connectivity index (χ4v) is 4.97. The third-order valence-electron chi connectivity index (χ3n) is 6.86. The van der Waals surface area contributed by atoms with Crippen LogP contribution in [0.2, 0.25) is 0 Å². The van der Waals surface area contributed by atoms with Gasteiger partial charge in [-0.15, -0.1) is 0 Å². The van der Waals surface area contributed by atoms with Gasteiger partial charge >= 0.3 is 0 Å². The number of benzene rings is 5. The normalized spacial score (nSPS) is 12.5. The van der Waals surface area contributed by atoms with Crippen molar-refractivity contribution in [3.05, 3.63) is 176 Å². The molecule has 0 N–H and O–H groups in total. The van der Waals surface area contributed by atoms with Crippen LogP contribution in [0.25, 0.3) is 11.1 Å². The van der Waals surface area contributed by atoms with Crippen molar-refractivity contribution in [1.82, 2.24) is 0 Å². The lowest BCUT2D eigenvalue weighted by atomic mass is 10.0. The molecule has 6 rings (SSSR count). The smallest absolute Gasteiger partial charge is 0.0462 e. The van der Waals surface area contributed by atoms with Crippen molar-refractivity contribution >= 4 is 28.4 Å². The first-order valence-electron chi connectivity index (χ1n) is 13.4. The monoisotopic (exact) mass is 502 g/mol. The van der Waals surface area contributed by atoms with E-state index in [2.05, 4.69) is 180 Å². The van der Waals surface area contributed by atoms with Crippen LogP contribution in [-0.2, 0) is 0 Å². The van der Waals surface area contributed by atoms with Crippen molar-refractivity contribution in [2.75, 3.05) is 9.80 Å². The minimum atomic E-state index is 0.916. The summed E-state index contributed by atoms with van der Waals surface area (Å²) in [4.78, 5) is 4.60. The van der Waals surface area contributed by atoms with E-state index in [1.165, 1.54) is 16.8 Å². The molecule has 0 saturated carbocycles. The molecule has 0 atom stereocenters. The minimum Gasteiger partial charge on any atom is -0.311 e. The molecular weight excluding hydrogens is 472 g/mol. The lowest BCUT2D eigenvalue weighted by Gasteiger charge is -2.26. The standard InChI is InChI=1S/C37H30N2/c1-2-7-15-32(14-6-1)38(33-16-8-3-9-17-33)36-26-22-30(23-27-36)31-24-28-37(29-25-31)39(34-18-10-4-11-19-34)35-20-12-5-13-21-35/h1-6,8-29H,7H2. The summed E-state index contributed by atoms with van der Waals surface area (Å²) >= 11 is 0. The van der Waals surface area contributed by atoms with Gasteiger partial charge in [0, 0.05) is 34.1 Å². The summed E-state index contributed by atoms with van der Waals surface area (Å²) in [7, 11) is 0. The molecule has 0 fully saturated rings. The first-order chi connectivity index (χ1) is 19.4. The summed E-state index contributed by atoms with van der Waals surface area (Å²) < 4.78 is 0. The van der Waals surface area contributed by atoms with E-state index in [9.17, 15) is 0 Å². The van der Waals surface area contributed by atoms with Crippen LogP contribution < -0.4 is 9.80 Å². The average molecular weight is 503 g/mol. The molecular formula is C37H30N2.